The Morgan fingerprint density at radius 2 is 2.05 bits per heavy atom. The van der Waals surface area contributed by atoms with Crippen LogP contribution < -0.4 is 5.32 Å². The molecule has 2 heterocycles. The van der Waals surface area contributed by atoms with Gasteiger partial charge in [-0.15, -0.1) is 0 Å². The van der Waals surface area contributed by atoms with E-state index >= 15 is 0 Å². The van der Waals surface area contributed by atoms with Crippen molar-refractivity contribution in [3.05, 3.63) is 0 Å². The number of amides is 4. The Kier molecular flexibility index (Phi) is 2.85. The summed E-state index contributed by atoms with van der Waals surface area (Å²) in [5, 5.41) is 2.33. The summed E-state index contributed by atoms with van der Waals surface area (Å²) in [5.74, 6) is -0.764. The molecule has 1 saturated carbocycles. The number of imide groups is 2. The van der Waals surface area contributed by atoms with Gasteiger partial charge in [0.2, 0.25) is 11.8 Å². The fourth-order valence-corrected chi connectivity index (χ4v) is 3.19. The van der Waals surface area contributed by atoms with Gasteiger partial charge in [-0.05, 0) is 32.6 Å². The summed E-state index contributed by atoms with van der Waals surface area (Å²) in [7, 11) is 0. The van der Waals surface area contributed by atoms with Crippen molar-refractivity contribution < 1.29 is 19.1 Å². The Hall–Kier alpha value is -1.43. The van der Waals surface area contributed by atoms with Crippen LogP contribution in [0.4, 0.5) is 4.79 Å². The van der Waals surface area contributed by atoms with E-state index < -0.39 is 17.4 Å². The van der Waals surface area contributed by atoms with Crippen LogP contribution in [0.2, 0.25) is 0 Å². The van der Waals surface area contributed by atoms with Crippen molar-refractivity contribution in [2.24, 2.45) is 5.41 Å². The van der Waals surface area contributed by atoms with E-state index in [-0.39, 0.29) is 18.1 Å². The largest absolute Gasteiger partial charge is 0.376 e. The molecule has 6 nitrogen and oxygen atoms in total. The molecule has 6 heteroatoms. The zero-order valence-electron chi connectivity index (χ0n) is 11.0. The van der Waals surface area contributed by atoms with Crippen molar-refractivity contribution in [1.29, 1.82) is 0 Å². The molecule has 0 aromatic heterocycles. The first-order chi connectivity index (χ1) is 9.06. The maximum Gasteiger partial charge on any atom is 0.331 e. The van der Waals surface area contributed by atoms with Gasteiger partial charge in [0.25, 0.3) is 0 Å². The average Bonchev–Trinajstić information content (AvgIpc) is 2.79. The lowest BCUT2D eigenvalue weighted by molar-refractivity contribution is -0.160. The predicted molar refractivity (Wildman–Crippen MR) is 65.1 cm³/mol. The second-order valence-corrected chi connectivity index (χ2v) is 5.66. The minimum absolute atomic E-state index is 0.111. The summed E-state index contributed by atoms with van der Waals surface area (Å²) in [6, 6.07) is -0.920. The molecule has 2 atom stereocenters. The number of rotatable bonds is 2. The highest BCUT2D eigenvalue weighted by Crippen LogP contribution is 2.45. The third kappa shape index (κ3) is 1.69. The molecule has 1 spiro atoms. The third-order valence-corrected chi connectivity index (χ3v) is 4.62. The van der Waals surface area contributed by atoms with Gasteiger partial charge in [-0.25, -0.2) is 4.79 Å². The summed E-state index contributed by atoms with van der Waals surface area (Å²) in [4.78, 5) is 37.6. The van der Waals surface area contributed by atoms with Gasteiger partial charge in [-0.1, -0.05) is 6.42 Å². The Balaban J connectivity index is 1.85. The molecule has 19 heavy (non-hydrogen) atoms. The number of hydrogen-bond acceptors (Lipinski definition) is 4. The van der Waals surface area contributed by atoms with Crippen LogP contribution in [-0.4, -0.2) is 41.5 Å². The summed E-state index contributed by atoms with van der Waals surface area (Å²) < 4.78 is 5.55. The number of barbiturate groups is 1. The van der Waals surface area contributed by atoms with Crippen LogP contribution >= 0.6 is 0 Å². The summed E-state index contributed by atoms with van der Waals surface area (Å²) >= 11 is 0. The monoisotopic (exact) mass is 266 g/mol. The van der Waals surface area contributed by atoms with E-state index in [9.17, 15) is 14.4 Å². The maximum absolute atomic E-state index is 12.5. The maximum atomic E-state index is 12.5. The van der Waals surface area contributed by atoms with Crippen LogP contribution in [0.1, 0.15) is 39.0 Å². The molecule has 0 aromatic rings. The van der Waals surface area contributed by atoms with Crippen LogP contribution in [0, 0.1) is 5.41 Å². The molecule has 4 amide bonds. The van der Waals surface area contributed by atoms with Gasteiger partial charge in [-0.3, -0.25) is 19.8 Å². The molecule has 1 N–H and O–H groups in total. The van der Waals surface area contributed by atoms with E-state index in [0.717, 1.165) is 19.3 Å². The first-order valence-corrected chi connectivity index (χ1v) is 6.87. The van der Waals surface area contributed by atoms with E-state index in [4.69, 9.17) is 4.74 Å². The molecule has 3 aliphatic rings. The first kappa shape index (κ1) is 12.6. The fourth-order valence-electron chi connectivity index (χ4n) is 3.19. The second kappa shape index (κ2) is 4.30. The molecule has 2 aliphatic heterocycles. The van der Waals surface area contributed by atoms with E-state index in [1.807, 2.05) is 6.92 Å². The van der Waals surface area contributed by atoms with Crippen molar-refractivity contribution in [3.8, 4) is 0 Å². The van der Waals surface area contributed by atoms with Gasteiger partial charge in [0.05, 0.1) is 12.1 Å². The van der Waals surface area contributed by atoms with Crippen LogP contribution in [0.15, 0.2) is 0 Å². The lowest BCUT2D eigenvalue weighted by atomic mass is 9.66. The Morgan fingerprint density at radius 1 is 1.32 bits per heavy atom. The minimum Gasteiger partial charge on any atom is -0.376 e. The van der Waals surface area contributed by atoms with E-state index in [0.29, 0.717) is 19.4 Å². The molecular formula is C13H18N2O4. The highest BCUT2D eigenvalue weighted by atomic mass is 16.5. The molecular weight excluding hydrogens is 248 g/mol. The second-order valence-electron chi connectivity index (χ2n) is 5.66. The highest BCUT2D eigenvalue weighted by molar-refractivity contribution is 6.19. The number of urea groups is 1. The van der Waals surface area contributed by atoms with Gasteiger partial charge < -0.3 is 4.74 Å². The highest BCUT2D eigenvalue weighted by Gasteiger charge is 2.58. The van der Waals surface area contributed by atoms with Gasteiger partial charge in [-0.2, -0.15) is 0 Å². The molecule has 3 rings (SSSR count). The molecule has 2 saturated heterocycles. The van der Waals surface area contributed by atoms with Gasteiger partial charge >= 0.3 is 6.03 Å². The van der Waals surface area contributed by atoms with E-state index in [1.165, 1.54) is 4.90 Å². The van der Waals surface area contributed by atoms with E-state index in [2.05, 4.69) is 5.32 Å². The molecule has 1 aliphatic carbocycles. The SMILES string of the molecule is CC(C1CCCO1)N1C(=O)NC(=O)C2(CCC2)C1=O. The lowest BCUT2D eigenvalue weighted by Crippen LogP contribution is -2.68. The summed E-state index contributed by atoms with van der Waals surface area (Å²) in [6.07, 6.45) is 3.62. The average molecular weight is 266 g/mol. The summed E-state index contributed by atoms with van der Waals surface area (Å²) in [6.45, 7) is 2.48. The van der Waals surface area contributed by atoms with Crippen molar-refractivity contribution in [1.82, 2.24) is 10.2 Å². The van der Waals surface area contributed by atoms with Crippen molar-refractivity contribution >= 4 is 17.8 Å². The molecule has 104 valence electrons. The zero-order valence-corrected chi connectivity index (χ0v) is 11.0. The molecule has 3 fully saturated rings. The number of hydrogen-bond donors (Lipinski definition) is 1. The van der Waals surface area contributed by atoms with Gasteiger partial charge in [0.1, 0.15) is 5.41 Å². The lowest BCUT2D eigenvalue weighted by Gasteiger charge is -2.46. The van der Waals surface area contributed by atoms with Crippen LogP contribution in [0.3, 0.4) is 0 Å². The van der Waals surface area contributed by atoms with E-state index in [1.54, 1.807) is 0 Å². The quantitative estimate of drug-likeness (QED) is 0.750. The number of nitrogens with zero attached hydrogens (tertiary/aromatic N) is 1. The van der Waals surface area contributed by atoms with Crippen molar-refractivity contribution in [2.45, 2.75) is 51.2 Å². The Bertz CT molecular complexity index is 438. The fraction of sp³-hybridized carbons (Fsp3) is 0.769. The predicted octanol–water partition coefficient (Wildman–Crippen LogP) is 0.803. The topological polar surface area (TPSA) is 75.7 Å². The number of nitrogens with one attached hydrogen (secondary N) is 1. The Labute approximate surface area is 111 Å². The first-order valence-electron chi connectivity index (χ1n) is 6.87. The number of carbonyl (C=O) groups excluding carboxylic acids is 3. The van der Waals surface area contributed by atoms with Crippen molar-refractivity contribution in [2.75, 3.05) is 6.61 Å². The smallest absolute Gasteiger partial charge is 0.331 e. The van der Waals surface area contributed by atoms with Gasteiger partial charge in [0.15, 0.2) is 0 Å². The van der Waals surface area contributed by atoms with Crippen LogP contribution in [-0.2, 0) is 14.3 Å². The number of carbonyl (C=O) groups is 3. The normalized spacial score (nSPS) is 31.3. The molecule has 2 unspecified atom stereocenters. The van der Waals surface area contributed by atoms with Crippen LogP contribution in [0.5, 0.6) is 0 Å². The van der Waals surface area contributed by atoms with Crippen LogP contribution in [0.25, 0.3) is 0 Å². The summed E-state index contributed by atoms with van der Waals surface area (Å²) in [5.41, 5.74) is -0.985. The third-order valence-electron chi connectivity index (χ3n) is 4.62. The van der Waals surface area contributed by atoms with Crippen molar-refractivity contribution in [3.63, 3.8) is 0 Å². The van der Waals surface area contributed by atoms with Gasteiger partial charge in [0, 0.05) is 6.61 Å². The molecule has 0 aromatic carbocycles. The molecule has 0 radical (unpaired) electrons. The standard InChI is InChI=1S/C13H18N2O4/c1-8(9-4-2-7-19-9)15-11(17)13(5-3-6-13)10(16)14-12(15)18/h8-9H,2-7H2,1H3,(H,14,16,18). The number of ether oxygens (including phenoxy) is 1. The molecule has 0 bridgehead atoms. The Morgan fingerprint density at radius 3 is 2.58 bits per heavy atom. The minimum atomic E-state index is -0.985. The zero-order chi connectivity index (χ0) is 13.6.